The Morgan fingerprint density at radius 2 is 1.83 bits per heavy atom. The maximum absolute atomic E-state index is 10.5. The van der Waals surface area contributed by atoms with Crippen LogP contribution in [0.1, 0.15) is 5.56 Å². The van der Waals surface area contributed by atoms with Gasteiger partial charge in [-0.15, -0.1) is 0 Å². The van der Waals surface area contributed by atoms with Crippen molar-refractivity contribution in [3.63, 3.8) is 0 Å². The molecule has 0 fully saturated rings. The molecular weight excluding hydrogens is 452 g/mol. The van der Waals surface area contributed by atoms with Crippen molar-refractivity contribution in [3.8, 4) is 5.75 Å². The molecule has 0 unspecified atom stereocenters. The van der Waals surface area contributed by atoms with Crippen LogP contribution < -0.4 is 0 Å². The van der Waals surface area contributed by atoms with Gasteiger partial charge < -0.3 is 5.11 Å². The molecule has 1 aromatic heterocycles. The molecule has 0 aliphatic heterocycles. The van der Waals surface area contributed by atoms with E-state index in [2.05, 4.69) is 41.8 Å². The van der Waals surface area contributed by atoms with Crippen LogP contribution in [0.15, 0.2) is 62.5 Å². The smallest absolute Gasteiger partial charge is 0.210 e. The molecule has 3 nitrogen and oxygen atoms in total. The van der Waals surface area contributed by atoms with E-state index in [1.807, 2.05) is 48.5 Å². The summed E-state index contributed by atoms with van der Waals surface area (Å²) >= 11 is 8.53. The third-order valence-electron chi connectivity index (χ3n) is 3.65. The second-order valence-corrected chi connectivity index (χ2v) is 7.99. The van der Waals surface area contributed by atoms with Crippen molar-refractivity contribution in [1.82, 2.24) is 4.98 Å². The van der Waals surface area contributed by atoms with Crippen molar-refractivity contribution in [2.45, 2.75) is 0 Å². The molecule has 1 heterocycles. The molecule has 0 amide bonds. The average Bonchev–Trinajstić information content (AvgIpc) is 2.99. The molecule has 0 atom stereocenters. The number of phenols is 1. The number of thiazole rings is 1. The summed E-state index contributed by atoms with van der Waals surface area (Å²) in [7, 11) is 0. The molecule has 6 heteroatoms. The van der Waals surface area contributed by atoms with Crippen LogP contribution in [0.4, 0.5) is 5.13 Å². The number of halogens is 2. The van der Waals surface area contributed by atoms with E-state index in [1.165, 1.54) is 11.3 Å². The number of aromatic nitrogens is 1. The summed E-state index contributed by atoms with van der Waals surface area (Å²) in [5.41, 5.74) is 1.57. The fourth-order valence-corrected chi connectivity index (χ4v) is 4.46. The highest BCUT2D eigenvalue weighted by Crippen LogP contribution is 2.34. The van der Waals surface area contributed by atoms with Crippen LogP contribution in [0.2, 0.25) is 0 Å². The zero-order chi connectivity index (χ0) is 16.7. The van der Waals surface area contributed by atoms with E-state index < -0.39 is 0 Å². The highest BCUT2D eigenvalue weighted by atomic mass is 79.9. The lowest BCUT2D eigenvalue weighted by Crippen LogP contribution is -1.86. The van der Waals surface area contributed by atoms with E-state index in [9.17, 15) is 5.11 Å². The van der Waals surface area contributed by atoms with Gasteiger partial charge in [0, 0.05) is 26.1 Å². The van der Waals surface area contributed by atoms with Gasteiger partial charge in [-0.25, -0.2) is 9.98 Å². The molecule has 0 saturated heterocycles. The zero-order valence-electron chi connectivity index (χ0n) is 12.2. The molecule has 24 heavy (non-hydrogen) atoms. The monoisotopic (exact) mass is 460 g/mol. The van der Waals surface area contributed by atoms with Crippen LogP contribution in [-0.4, -0.2) is 16.3 Å². The molecule has 4 aromatic rings. The third kappa shape index (κ3) is 2.85. The minimum atomic E-state index is 0.224. The third-order valence-corrected chi connectivity index (χ3v) is 5.72. The van der Waals surface area contributed by atoms with Crippen molar-refractivity contribution in [2.75, 3.05) is 0 Å². The van der Waals surface area contributed by atoms with Gasteiger partial charge in [0.15, 0.2) is 0 Å². The van der Waals surface area contributed by atoms with Crippen molar-refractivity contribution < 1.29 is 5.11 Å². The summed E-state index contributed by atoms with van der Waals surface area (Å²) in [4.78, 5) is 8.93. The SMILES string of the molecule is Oc1c(C=Nc2nc3ccc(Br)cc3s2)cc(Br)c2ccccc12. The number of hydrogen-bond donors (Lipinski definition) is 1. The maximum atomic E-state index is 10.5. The molecule has 0 spiro atoms. The van der Waals surface area contributed by atoms with Gasteiger partial charge in [-0.2, -0.15) is 0 Å². The highest BCUT2D eigenvalue weighted by molar-refractivity contribution is 9.11. The number of benzene rings is 3. The number of hydrogen-bond acceptors (Lipinski definition) is 4. The van der Waals surface area contributed by atoms with Gasteiger partial charge in [0.2, 0.25) is 5.13 Å². The molecule has 3 aromatic carbocycles. The lowest BCUT2D eigenvalue weighted by molar-refractivity contribution is 0.481. The number of phenolic OH excluding ortho intramolecular Hbond substituents is 1. The zero-order valence-corrected chi connectivity index (χ0v) is 16.2. The van der Waals surface area contributed by atoms with Gasteiger partial charge >= 0.3 is 0 Å². The highest BCUT2D eigenvalue weighted by Gasteiger charge is 2.09. The standard InChI is InChI=1S/C18H10Br2N2OS/c19-11-5-6-15-16(8-11)24-18(22-15)21-9-10-7-14(20)12-3-1-2-4-13(12)17(10)23/h1-9,23H. The molecule has 1 N–H and O–H groups in total. The van der Waals surface area contributed by atoms with Gasteiger partial charge in [0.05, 0.1) is 10.2 Å². The van der Waals surface area contributed by atoms with Crippen molar-refractivity contribution in [1.29, 1.82) is 0 Å². The lowest BCUT2D eigenvalue weighted by Gasteiger charge is -2.06. The van der Waals surface area contributed by atoms with Gasteiger partial charge in [-0.1, -0.05) is 67.5 Å². The predicted octanol–water partition coefficient (Wildman–Crippen LogP) is 6.43. The first kappa shape index (κ1) is 15.7. The minimum absolute atomic E-state index is 0.224. The maximum Gasteiger partial charge on any atom is 0.210 e. The fraction of sp³-hybridized carbons (Fsp3) is 0. The lowest BCUT2D eigenvalue weighted by atomic mass is 10.1. The summed E-state index contributed by atoms with van der Waals surface area (Å²) in [5.74, 6) is 0.224. The Bertz CT molecular complexity index is 1110. The second kappa shape index (κ2) is 6.27. The summed E-state index contributed by atoms with van der Waals surface area (Å²) < 4.78 is 3.01. The van der Waals surface area contributed by atoms with Crippen LogP contribution >= 0.6 is 43.2 Å². The largest absolute Gasteiger partial charge is 0.507 e. The topological polar surface area (TPSA) is 45.5 Å². The number of nitrogens with zero attached hydrogens (tertiary/aromatic N) is 2. The van der Waals surface area contributed by atoms with E-state index in [0.29, 0.717) is 10.7 Å². The molecule has 0 aliphatic carbocycles. The van der Waals surface area contributed by atoms with Gasteiger partial charge in [-0.05, 0) is 29.7 Å². The first-order valence-electron chi connectivity index (χ1n) is 7.12. The molecule has 0 saturated carbocycles. The predicted molar refractivity (Wildman–Crippen MR) is 108 cm³/mol. The van der Waals surface area contributed by atoms with Gasteiger partial charge in [-0.3, -0.25) is 0 Å². The number of fused-ring (bicyclic) bond motifs is 2. The van der Waals surface area contributed by atoms with E-state index in [4.69, 9.17) is 0 Å². The Morgan fingerprint density at radius 3 is 2.67 bits per heavy atom. The molecule has 0 radical (unpaired) electrons. The quantitative estimate of drug-likeness (QED) is 0.349. The second-order valence-electron chi connectivity index (χ2n) is 5.21. The van der Waals surface area contributed by atoms with Crippen molar-refractivity contribution in [3.05, 3.63) is 63.0 Å². The van der Waals surface area contributed by atoms with E-state index >= 15 is 0 Å². The van der Waals surface area contributed by atoms with Crippen LogP contribution in [0.25, 0.3) is 21.0 Å². The number of aromatic hydroxyl groups is 1. The summed E-state index contributed by atoms with van der Waals surface area (Å²) in [5, 5.41) is 12.9. The average molecular weight is 462 g/mol. The molecule has 0 bridgehead atoms. The first-order chi connectivity index (χ1) is 11.6. The molecule has 118 valence electrons. The summed E-state index contributed by atoms with van der Waals surface area (Å²) in [6.45, 7) is 0. The summed E-state index contributed by atoms with van der Waals surface area (Å²) in [6, 6.07) is 15.5. The Hall–Kier alpha value is -1.76. The van der Waals surface area contributed by atoms with E-state index in [0.717, 1.165) is 29.9 Å². The molecular formula is C18H10Br2N2OS. The fourth-order valence-electron chi connectivity index (χ4n) is 2.50. The molecule has 4 rings (SSSR count). The van der Waals surface area contributed by atoms with E-state index in [1.54, 1.807) is 6.21 Å². The Morgan fingerprint density at radius 1 is 1.04 bits per heavy atom. The number of rotatable bonds is 2. The van der Waals surface area contributed by atoms with E-state index in [-0.39, 0.29) is 5.75 Å². The Balaban J connectivity index is 1.77. The van der Waals surface area contributed by atoms with Crippen LogP contribution in [-0.2, 0) is 0 Å². The van der Waals surface area contributed by atoms with Crippen LogP contribution in [0.5, 0.6) is 5.75 Å². The normalized spacial score (nSPS) is 11.8. The van der Waals surface area contributed by atoms with Gasteiger partial charge in [0.25, 0.3) is 0 Å². The van der Waals surface area contributed by atoms with Crippen molar-refractivity contribution >= 4 is 75.5 Å². The summed E-state index contributed by atoms with van der Waals surface area (Å²) in [6.07, 6.45) is 1.65. The van der Waals surface area contributed by atoms with Gasteiger partial charge in [0.1, 0.15) is 5.75 Å². The number of aliphatic imine (C=N–C) groups is 1. The van der Waals surface area contributed by atoms with Crippen LogP contribution in [0.3, 0.4) is 0 Å². The Labute approximate surface area is 159 Å². The minimum Gasteiger partial charge on any atom is -0.507 e. The van der Waals surface area contributed by atoms with Crippen LogP contribution in [0, 0.1) is 0 Å². The first-order valence-corrected chi connectivity index (χ1v) is 9.52. The van der Waals surface area contributed by atoms with Crippen molar-refractivity contribution in [2.24, 2.45) is 4.99 Å². The Kier molecular flexibility index (Phi) is 4.12. The molecule has 0 aliphatic rings.